The summed E-state index contributed by atoms with van der Waals surface area (Å²) in [5.41, 5.74) is 6.29. The zero-order valence-electron chi connectivity index (χ0n) is 15.4. The van der Waals surface area contributed by atoms with Gasteiger partial charge in [-0.25, -0.2) is 4.98 Å². The molecule has 140 valence electrons. The van der Waals surface area contributed by atoms with Crippen LogP contribution in [0.5, 0.6) is 0 Å². The van der Waals surface area contributed by atoms with E-state index in [-0.39, 0.29) is 7.43 Å². The van der Waals surface area contributed by atoms with E-state index in [0.717, 1.165) is 54.6 Å². The summed E-state index contributed by atoms with van der Waals surface area (Å²) in [7, 11) is 4.33. The number of para-hydroxylation sites is 2. The average Bonchev–Trinajstić information content (AvgIpc) is 3.37. The van der Waals surface area contributed by atoms with Gasteiger partial charge in [-0.3, -0.25) is 4.40 Å². The number of hydrogen-bond acceptors (Lipinski definition) is 4. The van der Waals surface area contributed by atoms with Crippen LogP contribution < -0.4 is 4.90 Å². The van der Waals surface area contributed by atoms with Gasteiger partial charge < -0.3 is 9.80 Å². The molecule has 3 aromatic rings. The van der Waals surface area contributed by atoms with Crippen LogP contribution >= 0.6 is 0 Å². The maximum absolute atomic E-state index is 9.87. The van der Waals surface area contributed by atoms with Crippen molar-refractivity contribution < 1.29 is 0 Å². The highest BCUT2D eigenvalue weighted by Crippen LogP contribution is 2.39. The zero-order valence-corrected chi connectivity index (χ0v) is 15.4. The third-order valence-electron chi connectivity index (χ3n) is 6.09. The molecule has 27 heavy (non-hydrogen) atoms. The van der Waals surface area contributed by atoms with E-state index in [1.54, 1.807) is 0 Å². The van der Waals surface area contributed by atoms with Crippen molar-refractivity contribution >= 4 is 22.5 Å². The van der Waals surface area contributed by atoms with E-state index in [0.29, 0.717) is 6.04 Å². The number of nitrogens with zero attached hydrogens (tertiary/aromatic N) is 5. The predicted molar refractivity (Wildman–Crippen MR) is 110 cm³/mol. The highest BCUT2D eigenvalue weighted by Gasteiger charge is 2.32. The van der Waals surface area contributed by atoms with Gasteiger partial charge in [0.15, 0.2) is 5.65 Å². The highest BCUT2D eigenvalue weighted by molar-refractivity contribution is 5.86. The first-order valence-electron chi connectivity index (χ1n) is 9.45. The van der Waals surface area contributed by atoms with Crippen molar-refractivity contribution in [3.8, 4) is 6.07 Å². The van der Waals surface area contributed by atoms with Crippen molar-refractivity contribution in [3.63, 3.8) is 0 Å². The second kappa shape index (κ2) is 6.54. The Morgan fingerprint density at radius 2 is 1.96 bits per heavy atom. The molecule has 3 heterocycles. The van der Waals surface area contributed by atoms with Crippen LogP contribution in [0, 0.1) is 11.3 Å². The van der Waals surface area contributed by atoms with Gasteiger partial charge in [0.25, 0.3) is 0 Å². The molecule has 0 spiro atoms. The molecule has 5 nitrogen and oxygen atoms in total. The molecule has 1 fully saturated rings. The van der Waals surface area contributed by atoms with Gasteiger partial charge in [-0.15, -0.1) is 0 Å². The van der Waals surface area contributed by atoms with Gasteiger partial charge in [0.2, 0.25) is 0 Å². The minimum Gasteiger partial charge on any atom is -0.356 e. The summed E-state index contributed by atoms with van der Waals surface area (Å²) >= 11 is 0. The average molecular weight is 361 g/mol. The fraction of sp³-hybridized carbons (Fsp3) is 0.455. The molecule has 0 amide bonds. The third-order valence-corrected chi connectivity index (χ3v) is 6.09. The first-order valence-corrected chi connectivity index (χ1v) is 9.45. The van der Waals surface area contributed by atoms with Crippen LogP contribution in [0.15, 0.2) is 24.3 Å². The Labute approximate surface area is 160 Å². The Bertz CT molecular complexity index is 1060. The van der Waals surface area contributed by atoms with Crippen LogP contribution in [0.3, 0.4) is 0 Å². The van der Waals surface area contributed by atoms with Crippen LogP contribution in [0.2, 0.25) is 0 Å². The van der Waals surface area contributed by atoms with E-state index in [2.05, 4.69) is 46.5 Å². The number of pyridine rings is 1. The molecule has 1 aliphatic carbocycles. The van der Waals surface area contributed by atoms with Crippen molar-refractivity contribution in [2.24, 2.45) is 0 Å². The van der Waals surface area contributed by atoms with Crippen molar-refractivity contribution in [2.75, 3.05) is 32.1 Å². The lowest BCUT2D eigenvalue weighted by Gasteiger charge is -2.26. The molecule has 5 rings (SSSR count). The Morgan fingerprint density at radius 1 is 1.19 bits per heavy atom. The number of aromatic nitrogens is 2. The number of hydrogen-bond donors (Lipinski definition) is 0. The van der Waals surface area contributed by atoms with Crippen molar-refractivity contribution in [1.82, 2.24) is 14.3 Å². The van der Waals surface area contributed by atoms with Gasteiger partial charge in [-0.1, -0.05) is 19.6 Å². The van der Waals surface area contributed by atoms with Crippen LogP contribution in [0.4, 0.5) is 5.82 Å². The van der Waals surface area contributed by atoms with Crippen LogP contribution in [-0.2, 0) is 12.8 Å². The van der Waals surface area contributed by atoms with Crippen molar-refractivity contribution in [2.45, 2.75) is 39.2 Å². The fourth-order valence-corrected chi connectivity index (χ4v) is 4.75. The highest BCUT2D eigenvalue weighted by atomic mass is 15.3. The molecule has 1 saturated heterocycles. The minimum atomic E-state index is 0. The summed E-state index contributed by atoms with van der Waals surface area (Å²) in [5, 5.41) is 9.87. The van der Waals surface area contributed by atoms with Gasteiger partial charge in [-0.2, -0.15) is 5.26 Å². The molecule has 0 radical (unpaired) electrons. The summed E-state index contributed by atoms with van der Waals surface area (Å²) in [5.74, 6) is 1.28. The maximum atomic E-state index is 9.87. The smallest absolute Gasteiger partial charge is 0.157 e. The molecule has 1 atom stereocenters. The van der Waals surface area contributed by atoms with Crippen LogP contribution in [0.25, 0.3) is 16.7 Å². The van der Waals surface area contributed by atoms with Crippen LogP contribution in [-0.4, -0.2) is 47.5 Å². The van der Waals surface area contributed by atoms with Gasteiger partial charge in [0.1, 0.15) is 11.9 Å². The number of imidazole rings is 1. The third kappa shape index (κ3) is 2.51. The summed E-state index contributed by atoms with van der Waals surface area (Å²) < 4.78 is 2.26. The SMILES string of the molecule is C.CN(C)C1CCN(c2c3c(c(C#N)c4nc5ccccc5n24)CCC3)C1. The number of anilines is 1. The first-order chi connectivity index (χ1) is 12.7. The van der Waals surface area contributed by atoms with Crippen molar-refractivity contribution in [1.29, 1.82) is 5.26 Å². The number of nitriles is 1. The normalized spacial score (nSPS) is 18.9. The number of rotatable bonds is 2. The van der Waals surface area contributed by atoms with Crippen molar-refractivity contribution in [3.05, 3.63) is 41.0 Å². The molecule has 0 bridgehead atoms. The quantitative estimate of drug-likeness (QED) is 0.699. The van der Waals surface area contributed by atoms with Gasteiger partial charge in [-0.05, 0) is 63.0 Å². The Balaban J connectivity index is 0.00000180. The summed E-state index contributed by atoms with van der Waals surface area (Å²) in [6.45, 7) is 2.09. The summed E-state index contributed by atoms with van der Waals surface area (Å²) in [4.78, 5) is 9.70. The van der Waals surface area contributed by atoms with E-state index < -0.39 is 0 Å². The Kier molecular flexibility index (Phi) is 4.32. The number of likely N-dealkylation sites (N-methyl/N-ethyl adjacent to an activating group) is 1. The second-order valence-electron chi connectivity index (χ2n) is 7.73. The Morgan fingerprint density at radius 3 is 2.70 bits per heavy atom. The van der Waals surface area contributed by atoms with E-state index in [9.17, 15) is 5.26 Å². The molecule has 0 saturated carbocycles. The summed E-state index contributed by atoms with van der Waals surface area (Å²) in [6.07, 6.45) is 4.36. The van der Waals surface area contributed by atoms with E-state index in [4.69, 9.17) is 4.98 Å². The summed E-state index contributed by atoms with van der Waals surface area (Å²) in [6, 6.07) is 11.3. The lowest BCUT2D eigenvalue weighted by molar-refractivity contribution is 0.315. The lowest BCUT2D eigenvalue weighted by Crippen LogP contribution is -2.32. The first kappa shape index (κ1) is 17.8. The largest absolute Gasteiger partial charge is 0.356 e. The van der Waals surface area contributed by atoms with Gasteiger partial charge >= 0.3 is 0 Å². The molecular weight excluding hydrogens is 334 g/mol. The molecule has 2 aromatic heterocycles. The molecule has 0 N–H and O–H groups in total. The van der Waals surface area contributed by atoms with Gasteiger partial charge in [0, 0.05) is 19.1 Å². The maximum Gasteiger partial charge on any atom is 0.157 e. The van der Waals surface area contributed by atoms with E-state index in [1.165, 1.54) is 23.4 Å². The van der Waals surface area contributed by atoms with Gasteiger partial charge in [0.05, 0.1) is 16.6 Å². The number of fused-ring (bicyclic) bond motifs is 4. The standard InChI is InChI=1S/C21H23N5.CH4/c1-24(2)14-10-11-25(13-14)21-16-7-5-6-15(16)17(12-22)20-23-18-8-3-4-9-19(18)26(20)21;/h3-4,8-9,14H,5-7,10-11,13H2,1-2H3;1H4. The minimum absolute atomic E-state index is 0. The zero-order chi connectivity index (χ0) is 17.8. The fourth-order valence-electron chi connectivity index (χ4n) is 4.75. The second-order valence-corrected chi connectivity index (χ2v) is 7.73. The lowest BCUT2D eigenvalue weighted by atomic mass is 10.1. The molecule has 2 aliphatic rings. The van der Waals surface area contributed by atoms with Crippen LogP contribution in [0.1, 0.15) is 37.0 Å². The van der Waals surface area contributed by atoms with E-state index in [1.807, 2.05) is 12.1 Å². The number of benzene rings is 1. The monoisotopic (exact) mass is 361 g/mol. The molecule has 5 heteroatoms. The topological polar surface area (TPSA) is 47.6 Å². The predicted octanol–water partition coefficient (Wildman–Crippen LogP) is 3.62. The Hall–Kier alpha value is -2.58. The molecule has 1 unspecified atom stereocenters. The molecule has 1 aromatic carbocycles. The molecule has 1 aliphatic heterocycles. The van der Waals surface area contributed by atoms with E-state index >= 15 is 0 Å². The molecular formula is C22H27N5.